The van der Waals surface area contributed by atoms with Gasteiger partial charge in [-0.3, -0.25) is 4.79 Å². The molecule has 0 spiro atoms. The summed E-state index contributed by atoms with van der Waals surface area (Å²) >= 11 is 0. The third-order valence-corrected chi connectivity index (χ3v) is 2.90. The Hall–Kier alpha value is -2.56. The lowest BCUT2D eigenvalue weighted by Gasteiger charge is -2.18. The quantitative estimate of drug-likeness (QED) is 0.784. The maximum atomic E-state index is 11.2. The molecule has 0 bridgehead atoms. The van der Waals surface area contributed by atoms with Crippen LogP contribution in [0.15, 0.2) is 42.5 Å². The Morgan fingerprint density at radius 1 is 1.16 bits per heavy atom. The molecule has 0 unspecified atom stereocenters. The first-order valence-corrected chi connectivity index (χ1v) is 6.14. The molecule has 1 aromatic heterocycles. The van der Waals surface area contributed by atoms with E-state index in [2.05, 4.69) is 33.1 Å². The summed E-state index contributed by atoms with van der Waals surface area (Å²) in [7, 11) is 0. The lowest BCUT2D eigenvalue weighted by molar-refractivity contribution is -0.114. The molecule has 3 rings (SSSR count). The maximum Gasteiger partial charge on any atom is 0.243 e. The fourth-order valence-electron chi connectivity index (χ4n) is 1.94. The molecule has 0 saturated carbocycles. The number of anilines is 3. The molecular formula is C14H14N4O. The molecule has 0 fully saturated rings. The molecule has 1 aliphatic rings. The van der Waals surface area contributed by atoms with Gasteiger partial charge in [0.15, 0.2) is 5.82 Å². The number of pyridine rings is 1. The number of amides is 1. The van der Waals surface area contributed by atoms with Gasteiger partial charge < -0.3 is 16.0 Å². The Kier molecular flexibility index (Phi) is 3.02. The lowest BCUT2D eigenvalue weighted by atomic mass is 10.2. The minimum Gasteiger partial charge on any atom is -0.366 e. The number of carbonyl (C=O) groups is 1. The highest BCUT2D eigenvalue weighted by molar-refractivity contribution is 5.99. The summed E-state index contributed by atoms with van der Waals surface area (Å²) in [6.07, 6.45) is 0. The van der Waals surface area contributed by atoms with Gasteiger partial charge >= 0.3 is 0 Å². The first-order chi connectivity index (χ1) is 9.31. The minimum atomic E-state index is -0.0423. The standard InChI is InChI=1S/C14H14N4O/c19-13-9-16-14-11(17-13)6-7-12(18-14)15-8-10-4-2-1-3-5-10/h1-7H,8-9H2,(H,17,19)(H2,15,16,18). The molecule has 0 atom stereocenters. The fraction of sp³-hybridized carbons (Fsp3) is 0.143. The highest BCUT2D eigenvalue weighted by atomic mass is 16.2. The molecular weight excluding hydrogens is 240 g/mol. The number of hydrogen-bond donors (Lipinski definition) is 3. The van der Waals surface area contributed by atoms with E-state index < -0.39 is 0 Å². The highest BCUT2D eigenvalue weighted by Gasteiger charge is 2.14. The molecule has 96 valence electrons. The first-order valence-electron chi connectivity index (χ1n) is 6.14. The van der Waals surface area contributed by atoms with Crippen LogP contribution in [0.1, 0.15) is 5.56 Å². The SMILES string of the molecule is O=C1CNc2nc(NCc3ccccc3)ccc2N1. The third kappa shape index (κ3) is 2.65. The van der Waals surface area contributed by atoms with Crippen LogP contribution in [0.5, 0.6) is 0 Å². The number of aromatic nitrogens is 1. The summed E-state index contributed by atoms with van der Waals surface area (Å²) < 4.78 is 0. The topological polar surface area (TPSA) is 66.0 Å². The van der Waals surface area contributed by atoms with Gasteiger partial charge in [-0.05, 0) is 17.7 Å². The Morgan fingerprint density at radius 3 is 2.84 bits per heavy atom. The van der Waals surface area contributed by atoms with Gasteiger partial charge in [0.25, 0.3) is 0 Å². The van der Waals surface area contributed by atoms with Gasteiger partial charge in [-0.1, -0.05) is 30.3 Å². The van der Waals surface area contributed by atoms with Crippen molar-refractivity contribution in [3.05, 3.63) is 48.0 Å². The van der Waals surface area contributed by atoms with Crippen LogP contribution in [0.2, 0.25) is 0 Å². The summed E-state index contributed by atoms with van der Waals surface area (Å²) in [5.41, 5.74) is 1.92. The molecule has 3 N–H and O–H groups in total. The predicted octanol–water partition coefficient (Wildman–Crippen LogP) is 2.06. The highest BCUT2D eigenvalue weighted by Crippen LogP contribution is 2.24. The van der Waals surface area contributed by atoms with Crippen molar-refractivity contribution in [1.29, 1.82) is 0 Å². The average molecular weight is 254 g/mol. The van der Waals surface area contributed by atoms with Gasteiger partial charge in [-0.25, -0.2) is 4.98 Å². The van der Waals surface area contributed by atoms with Gasteiger partial charge in [0.2, 0.25) is 5.91 Å². The molecule has 19 heavy (non-hydrogen) atoms. The Bertz CT molecular complexity index is 598. The van der Waals surface area contributed by atoms with Gasteiger partial charge in [-0.15, -0.1) is 0 Å². The second kappa shape index (κ2) is 4.97. The van der Waals surface area contributed by atoms with Crippen molar-refractivity contribution in [3.8, 4) is 0 Å². The third-order valence-electron chi connectivity index (χ3n) is 2.90. The van der Waals surface area contributed by atoms with Crippen molar-refractivity contribution in [2.24, 2.45) is 0 Å². The number of benzene rings is 1. The van der Waals surface area contributed by atoms with Crippen LogP contribution in [0.25, 0.3) is 0 Å². The molecule has 2 heterocycles. The van der Waals surface area contributed by atoms with Crippen molar-refractivity contribution < 1.29 is 4.79 Å². The van der Waals surface area contributed by atoms with E-state index in [0.29, 0.717) is 5.82 Å². The van der Waals surface area contributed by atoms with Crippen molar-refractivity contribution >= 4 is 23.2 Å². The Labute approximate surface area is 111 Å². The van der Waals surface area contributed by atoms with Crippen molar-refractivity contribution in [2.45, 2.75) is 6.54 Å². The molecule has 1 aliphatic heterocycles. The van der Waals surface area contributed by atoms with E-state index in [1.807, 2.05) is 30.3 Å². The first kappa shape index (κ1) is 11.5. The van der Waals surface area contributed by atoms with Crippen LogP contribution in [-0.2, 0) is 11.3 Å². The van der Waals surface area contributed by atoms with E-state index in [0.717, 1.165) is 18.1 Å². The molecule has 5 nitrogen and oxygen atoms in total. The van der Waals surface area contributed by atoms with Gasteiger partial charge in [0.05, 0.1) is 12.2 Å². The van der Waals surface area contributed by atoms with Crippen LogP contribution in [-0.4, -0.2) is 17.4 Å². The zero-order valence-electron chi connectivity index (χ0n) is 10.3. The minimum absolute atomic E-state index is 0.0423. The number of nitrogens with one attached hydrogen (secondary N) is 3. The second-order valence-corrected chi connectivity index (χ2v) is 4.33. The summed E-state index contributed by atoms with van der Waals surface area (Å²) in [6.45, 7) is 0.987. The van der Waals surface area contributed by atoms with Crippen LogP contribution < -0.4 is 16.0 Å². The Balaban J connectivity index is 1.71. The van der Waals surface area contributed by atoms with Gasteiger partial charge in [-0.2, -0.15) is 0 Å². The number of fused-ring (bicyclic) bond motifs is 1. The number of hydrogen-bond acceptors (Lipinski definition) is 4. The molecule has 1 amide bonds. The monoisotopic (exact) mass is 254 g/mol. The number of rotatable bonds is 3. The smallest absolute Gasteiger partial charge is 0.243 e. The van der Waals surface area contributed by atoms with Crippen LogP contribution >= 0.6 is 0 Å². The van der Waals surface area contributed by atoms with Crippen LogP contribution in [0.3, 0.4) is 0 Å². The van der Waals surface area contributed by atoms with Crippen LogP contribution in [0, 0.1) is 0 Å². The summed E-state index contributed by atoms with van der Waals surface area (Å²) in [5.74, 6) is 1.45. The summed E-state index contributed by atoms with van der Waals surface area (Å²) in [6, 6.07) is 13.8. The molecule has 0 radical (unpaired) electrons. The van der Waals surface area contributed by atoms with Crippen molar-refractivity contribution in [1.82, 2.24) is 4.98 Å². The summed E-state index contributed by atoms with van der Waals surface area (Å²) in [4.78, 5) is 15.6. The summed E-state index contributed by atoms with van der Waals surface area (Å²) in [5, 5.41) is 9.02. The lowest BCUT2D eigenvalue weighted by Crippen LogP contribution is -2.28. The second-order valence-electron chi connectivity index (χ2n) is 4.33. The normalized spacial score (nSPS) is 13.2. The predicted molar refractivity (Wildman–Crippen MR) is 75.1 cm³/mol. The number of carbonyl (C=O) groups excluding carboxylic acids is 1. The average Bonchev–Trinajstić information content (AvgIpc) is 2.46. The fourth-order valence-corrected chi connectivity index (χ4v) is 1.94. The molecule has 0 saturated heterocycles. The van der Waals surface area contributed by atoms with E-state index in [-0.39, 0.29) is 12.5 Å². The van der Waals surface area contributed by atoms with Gasteiger partial charge in [0.1, 0.15) is 5.82 Å². The molecule has 0 aliphatic carbocycles. The van der Waals surface area contributed by atoms with E-state index in [1.54, 1.807) is 0 Å². The molecule has 5 heteroatoms. The van der Waals surface area contributed by atoms with E-state index in [1.165, 1.54) is 5.56 Å². The van der Waals surface area contributed by atoms with Gasteiger partial charge in [0, 0.05) is 6.54 Å². The maximum absolute atomic E-state index is 11.2. The van der Waals surface area contributed by atoms with Crippen molar-refractivity contribution in [2.75, 3.05) is 22.5 Å². The van der Waals surface area contributed by atoms with E-state index >= 15 is 0 Å². The van der Waals surface area contributed by atoms with Crippen molar-refractivity contribution in [3.63, 3.8) is 0 Å². The van der Waals surface area contributed by atoms with Crippen LogP contribution in [0.4, 0.5) is 17.3 Å². The largest absolute Gasteiger partial charge is 0.366 e. The molecule has 2 aromatic rings. The number of nitrogens with zero attached hydrogens (tertiary/aromatic N) is 1. The van der Waals surface area contributed by atoms with E-state index in [4.69, 9.17) is 0 Å². The van der Waals surface area contributed by atoms with E-state index in [9.17, 15) is 4.79 Å². The zero-order chi connectivity index (χ0) is 13.1. The zero-order valence-corrected chi connectivity index (χ0v) is 10.3. The molecule has 1 aromatic carbocycles. The Morgan fingerprint density at radius 2 is 2.00 bits per heavy atom.